The molecule has 3 heterocycles. The highest BCUT2D eigenvalue weighted by atomic mass is 16.3. The van der Waals surface area contributed by atoms with E-state index in [-0.39, 0.29) is 0 Å². The molecule has 4 nitrogen and oxygen atoms in total. The first-order valence-electron chi connectivity index (χ1n) is 15.8. The molecule has 4 heteroatoms. The lowest BCUT2D eigenvalue weighted by Crippen LogP contribution is -2.00. The zero-order valence-corrected chi connectivity index (χ0v) is 25.2. The molecule has 0 saturated heterocycles. The molecule has 0 bridgehead atoms. The summed E-state index contributed by atoms with van der Waals surface area (Å²) in [5.74, 6) is 0. The van der Waals surface area contributed by atoms with Gasteiger partial charge in [0.05, 0.1) is 39.4 Å². The van der Waals surface area contributed by atoms with E-state index in [9.17, 15) is 5.26 Å². The average Bonchev–Trinajstić information content (AvgIpc) is 3.77. The van der Waals surface area contributed by atoms with Crippen molar-refractivity contribution in [2.24, 2.45) is 0 Å². The van der Waals surface area contributed by atoms with Gasteiger partial charge < -0.3 is 13.6 Å². The number of fused-ring (bicyclic) bond motifs is 9. The summed E-state index contributed by atoms with van der Waals surface area (Å²) >= 11 is 0. The summed E-state index contributed by atoms with van der Waals surface area (Å²) in [4.78, 5) is 0. The lowest BCUT2D eigenvalue weighted by molar-refractivity contribution is 0.669. The molecule has 0 aliphatic heterocycles. The highest BCUT2D eigenvalue weighted by Crippen LogP contribution is 2.41. The summed E-state index contributed by atoms with van der Waals surface area (Å²) in [6.07, 6.45) is 0. The van der Waals surface area contributed by atoms with Gasteiger partial charge in [0.15, 0.2) is 0 Å². The minimum atomic E-state index is 0.627. The van der Waals surface area contributed by atoms with E-state index in [1.165, 1.54) is 16.2 Å². The fourth-order valence-electron chi connectivity index (χ4n) is 7.54. The number of rotatable bonds is 3. The molecule has 0 saturated carbocycles. The van der Waals surface area contributed by atoms with E-state index in [4.69, 9.17) is 4.42 Å². The van der Waals surface area contributed by atoms with Gasteiger partial charge >= 0.3 is 0 Å². The summed E-state index contributed by atoms with van der Waals surface area (Å²) in [5.41, 5.74) is 10.7. The van der Waals surface area contributed by atoms with Crippen molar-refractivity contribution in [3.63, 3.8) is 0 Å². The third kappa shape index (κ3) is 3.63. The summed E-state index contributed by atoms with van der Waals surface area (Å²) in [5, 5.41) is 17.4. The standard InChI is InChI=1S/C43H25N3O/c44-26-27-21-22-28(45-37-16-6-1-11-29(37)30-12-2-7-17-38(30)45)23-34(27)31-13-3-8-18-39(31)46-40-19-9-4-14-32(40)35-24-36-33-15-5-10-20-42(33)47-43(36)25-41(35)46/h1-25H. The first-order valence-corrected chi connectivity index (χ1v) is 15.8. The Kier molecular flexibility index (Phi) is 5.32. The maximum atomic E-state index is 10.4. The number of nitriles is 1. The van der Waals surface area contributed by atoms with Crippen LogP contribution in [0.4, 0.5) is 0 Å². The molecule has 3 aromatic heterocycles. The molecule has 47 heavy (non-hydrogen) atoms. The summed E-state index contributed by atoms with van der Waals surface area (Å²) in [6, 6.07) is 55.3. The molecule has 0 radical (unpaired) electrons. The van der Waals surface area contributed by atoms with Gasteiger partial charge in [-0.05, 0) is 54.6 Å². The minimum Gasteiger partial charge on any atom is -0.456 e. The highest BCUT2D eigenvalue weighted by molar-refractivity contribution is 6.17. The molecule has 0 N–H and O–H groups in total. The van der Waals surface area contributed by atoms with E-state index in [2.05, 4.69) is 149 Å². The maximum absolute atomic E-state index is 10.4. The van der Waals surface area contributed by atoms with Crippen LogP contribution in [0, 0.1) is 11.3 Å². The molecule has 10 aromatic rings. The van der Waals surface area contributed by atoms with Crippen molar-refractivity contribution in [3.05, 3.63) is 157 Å². The zero-order valence-electron chi connectivity index (χ0n) is 25.2. The van der Waals surface area contributed by atoms with E-state index < -0.39 is 0 Å². The second-order valence-corrected chi connectivity index (χ2v) is 12.0. The number of benzene rings is 7. The second kappa shape index (κ2) is 9.71. The van der Waals surface area contributed by atoms with Crippen LogP contribution < -0.4 is 0 Å². The lowest BCUT2D eigenvalue weighted by atomic mass is 9.97. The molecular weight excluding hydrogens is 574 g/mol. The number of furan rings is 1. The Hall–Kier alpha value is -6.57. The minimum absolute atomic E-state index is 0.627. The van der Waals surface area contributed by atoms with Crippen molar-refractivity contribution < 1.29 is 4.42 Å². The predicted octanol–water partition coefficient (Wildman–Crippen LogP) is 11.3. The molecule has 218 valence electrons. The summed E-state index contributed by atoms with van der Waals surface area (Å²) in [7, 11) is 0. The summed E-state index contributed by atoms with van der Waals surface area (Å²) in [6.45, 7) is 0. The molecule has 7 aromatic carbocycles. The van der Waals surface area contributed by atoms with Crippen LogP contribution in [-0.4, -0.2) is 9.13 Å². The van der Waals surface area contributed by atoms with Crippen molar-refractivity contribution in [3.8, 4) is 28.6 Å². The molecule has 0 atom stereocenters. The van der Waals surface area contributed by atoms with Gasteiger partial charge in [0.2, 0.25) is 0 Å². The van der Waals surface area contributed by atoms with Crippen molar-refractivity contribution >= 4 is 65.6 Å². The SMILES string of the molecule is N#Cc1ccc(-n2c3ccccc3c3ccccc32)cc1-c1ccccc1-n1c2ccccc2c2cc3c(cc21)oc1ccccc13. The van der Waals surface area contributed by atoms with Crippen LogP contribution in [-0.2, 0) is 0 Å². The van der Waals surface area contributed by atoms with Gasteiger partial charge in [0.1, 0.15) is 11.2 Å². The Labute approximate surface area is 269 Å². The van der Waals surface area contributed by atoms with Gasteiger partial charge in [-0.15, -0.1) is 0 Å². The Morgan fingerprint density at radius 2 is 1.02 bits per heavy atom. The number of hydrogen-bond donors (Lipinski definition) is 0. The maximum Gasteiger partial charge on any atom is 0.137 e. The van der Waals surface area contributed by atoms with Crippen molar-refractivity contribution in [2.45, 2.75) is 0 Å². The number of hydrogen-bond acceptors (Lipinski definition) is 2. The number of aromatic nitrogens is 2. The van der Waals surface area contributed by atoms with Crippen molar-refractivity contribution in [2.75, 3.05) is 0 Å². The Morgan fingerprint density at radius 3 is 1.74 bits per heavy atom. The lowest BCUT2D eigenvalue weighted by Gasteiger charge is -2.16. The monoisotopic (exact) mass is 599 g/mol. The normalized spacial score (nSPS) is 11.8. The van der Waals surface area contributed by atoms with E-state index in [1.54, 1.807) is 0 Å². The third-order valence-electron chi connectivity index (χ3n) is 9.57. The van der Waals surface area contributed by atoms with E-state index >= 15 is 0 Å². The van der Waals surface area contributed by atoms with Crippen molar-refractivity contribution in [1.82, 2.24) is 9.13 Å². The van der Waals surface area contributed by atoms with Crippen LogP contribution in [0.2, 0.25) is 0 Å². The third-order valence-corrected chi connectivity index (χ3v) is 9.57. The molecular formula is C43H25N3O. The fourth-order valence-corrected chi connectivity index (χ4v) is 7.54. The highest BCUT2D eigenvalue weighted by Gasteiger charge is 2.20. The van der Waals surface area contributed by atoms with Gasteiger partial charge in [-0.2, -0.15) is 5.26 Å². The van der Waals surface area contributed by atoms with Gasteiger partial charge in [-0.25, -0.2) is 0 Å². The quantitative estimate of drug-likeness (QED) is 0.203. The fraction of sp³-hybridized carbons (Fsp3) is 0. The van der Waals surface area contributed by atoms with E-state index in [0.717, 1.165) is 71.9 Å². The van der Waals surface area contributed by atoms with Crippen LogP contribution in [0.1, 0.15) is 5.56 Å². The van der Waals surface area contributed by atoms with Gasteiger partial charge in [-0.1, -0.05) is 91.0 Å². The molecule has 0 spiro atoms. The first kappa shape index (κ1) is 25.7. The van der Waals surface area contributed by atoms with Gasteiger partial charge in [0.25, 0.3) is 0 Å². The number of nitrogens with zero attached hydrogens (tertiary/aromatic N) is 3. The van der Waals surface area contributed by atoms with Crippen LogP contribution in [0.15, 0.2) is 156 Å². The van der Waals surface area contributed by atoms with E-state index in [0.29, 0.717) is 5.56 Å². The average molecular weight is 600 g/mol. The van der Waals surface area contributed by atoms with Crippen LogP contribution in [0.25, 0.3) is 88.1 Å². The van der Waals surface area contributed by atoms with Crippen LogP contribution in [0.5, 0.6) is 0 Å². The molecule has 0 aliphatic rings. The Bertz CT molecular complexity index is 2880. The molecule has 0 amide bonds. The first-order chi connectivity index (χ1) is 23.3. The smallest absolute Gasteiger partial charge is 0.137 e. The molecule has 0 fully saturated rings. The predicted molar refractivity (Wildman–Crippen MR) is 193 cm³/mol. The zero-order chi connectivity index (χ0) is 31.1. The Balaban J connectivity index is 1.27. The number of para-hydroxylation sites is 5. The van der Waals surface area contributed by atoms with Gasteiger partial charge in [-0.3, -0.25) is 0 Å². The Morgan fingerprint density at radius 1 is 0.426 bits per heavy atom. The van der Waals surface area contributed by atoms with Gasteiger partial charge in [0, 0.05) is 55.2 Å². The molecule has 0 unspecified atom stereocenters. The molecule has 10 rings (SSSR count). The molecule has 0 aliphatic carbocycles. The largest absolute Gasteiger partial charge is 0.456 e. The topological polar surface area (TPSA) is 46.8 Å². The van der Waals surface area contributed by atoms with Crippen LogP contribution >= 0.6 is 0 Å². The summed E-state index contributed by atoms with van der Waals surface area (Å²) < 4.78 is 11.0. The van der Waals surface area contributed by atoms with E-state index in [1.807, 2.05) is 18.2 Å². The van der Waals surface area contributed by atoms with Crippen LogP contribution in [0.3, 0.4) is 0 Å². The van der Waals surface area contributed by atoms with Crippen molar-refractivity contribution in [1.29, 1.82) is 5.26 Å². The second-order valence-electron chi connectivity index (χ2n) is 12.0.